The fraction of sp³-hybridized carbons (Fsp3) is 0.308. The molecule has 3 aromatic heterocycles. The van der Waals surface area contributed by atoms with Gasteiger partial charge in [-0.15, -0.1) is 0 Å². The predicted octanol–water partition coefficient (Wildman–Crippen LogP) is 5.31. The molecule has 21 heteroatoms. The van der Waals surface area contributed by atoms with Gasteiger partial charge in [-0.05, 0) is 60.0 Å². The van der Waals surface area contributed by atoms with Gasteiger partial charge in [-0.2, -0.15) is 5.10 Å². The van der Waals surface area contributed by atoms with Crippen LogP contribution in [0, 0.1) is 5.82 Å². The molecule has 2 unspecified atom stereocenters. The highest BCUT2D eigenvalue weighted by molar-refractivity contribution is 6.05. The number of nitrogens with zero attached hydrogens (tertiary/aromatic N) is 7. The van der Waals surface area contributed by atoms with Crippen molar-refractivity contribution in [2.45, 2.75) is 51.1 Å². The monoisotopic (exact) mass is 836 g/mol. The minimum Gasteiger partial charge on any atom is -0.444 e. The van der Waals surface area contributed by atoms with Crippen molar-refractivity contribution < 1.29 is 49.9 Å². The molecule has 3 N–H and O–H groups in total. The number of carbonyl (C=O) groups is 4. The summed E-state index contributed by atoms with van der Waals surface area (Å²) in [6.45, 7) is 3.03. The van der Waals surface area contributed by atoms with E-state index in [-0.39, 0.29) is 53.6 Å². The largest absolute Gasteiger partial charge is 0.444 e. The van der Waals surface area contributed by atoms with Gasteiger partial charge < -0.3 is 24.9 Å². The number of piperazine rings is 1. The van der Waals surface area contributed by atoms with E-state index < -0.39 is 60.3 Å². The smallest absolute Gasteiger partial charge is 0.287 e. The third-order valence-corrected chi connectivity index (χ3v) is 10.3. The molecule has 3 aliphatic rings. The minimum atomic E-state index is -3.30. The summed E-state index contributed by atoms with van der Waals surface area (Å²) >= 11 is 0. The van der Waals surface area contributed by atoms with E-state index in [4.69, 9.17) is 4.42 Å². The van der Waals surface area contributed by atoms with Gasteiger partial charge in [0.15, 0.2) is 11.4 Å². The Hall–Kier alpha value is -6.77. The molecule has 2 atom stereocenters. The second kappa shape index (κ2) is 16.5. The number of rotatable bonds is 12. The predicted molar refractivity (Wildman–Crippen MR) is 201 cm³/mol. The lowest BCUT2D eigenvalue weighted by Gasteiger charge is -2.36. The second-order valence-electron chi connectivity index (χ2n) is 14.3. The van der Waals surface area contributed by atoms with E-state index in [0.717, 1.165) is 12.0 Å². The van der Waals surface area contributed by atoms with Gasteiger partial charge in [-0.3, -0.25) is 29.4 Å². The number of piperidine rings is 1. The Morgan fingerprint density at radius 2 is 1.72 bits per heavy atom. The van der Waals surface area contributed by atoms with E-state index in [9.17, 15) is 41.1 Å². The highest BCUT2D eigenvalue weighted by atomic mass is 19.3. The van der Waals surface area contributed by atoms with E-state index in [1.54, 1.807) is 18.2 Å². The fourth-order valence-electron chi connectivity index (χ4n) is 7.37. The zero-order valence-electron chi connectivity index (χ0n) is 31.3. The zero-order valence-corrected chi connectivity index (χ0v) is 31.3. The van der Waals surface area contributed by atoms with Crippen LogP contribution in [-0.2, 0) is 22.7 Å². The number of benzene rings is 2. The molecule has 0 aliphatic carbocycles. The van der Waals surface area contributed by atoms with Crippen molar-refractivity contribution in [1.29, 1.82) is 0 Å². The number of nitrogens with one attached hydrogen (secondary N) is 3. The molecule has 312 valence electrons. The lowest BCUT2D eigenvalue weighted by atomic mass is 10.0. The first kappa shape index (κ1) is 40.0. The van der Waals surface area contributed by atoms with E-state index >= 15 is 4.39 Å². The van der Waals surface area contributed by atoms with E-state index in [1.807, 2.05) is 17.4 Å². The molecule has 2 saturated heterocycles. The summed E-state index contributed by atoms with van der Waals surface area (Å²) < 4.78 is 88.6. The third kappa shape index (κ3) is 8.24. The Kier molecular flexibility index (Phi) is 11.0. The quantitative estimate of drug-likeness (QED) is 0.0846. The minimum absolute atomic E-state index is 0.0518. The first-order valence-electron chi connectivity index (χ1n) is 18.6. The van der Waals surface area contributed by atoms with E-state index in [1.165, 1.54) is 40.2 Å². The van der Waals surface area contributed by atoms with E-state index in [0.29, 0.717) is 49.5 Å². The van der Waals surface area contributed by atoms with Crippen molar-refractivity contribution in [1.82, 2.24) is 34.9 Å². The maximum Gasteiger partial charge on any atom is 0.287 e. The number of hydrogen-bond acceptors (Lipinski definition) is 11. The van der Waals surface area contributed by atoms with Crippen LogP contribution in [0.2, 0.25) is 0 Å². The van der Waals surface area contributed by atoms with Crippen LogP contribution in [0.25, 0.3) is 17.1 Å². The molecule has 0 radical (unpaired) electrons. The van der Waals surface area contributed by atoms with Gasteiger partial charge in [0, 0.05) is 63.1 Å². The standard InChI is InChI=1S/C39H34F6N10O5/c40-25-14-20(13-22-17-54(39(59)31(22)25)28-5-6-30(56)50-37(28)58)16-52-9-11-53(12-10-52)23-1-3-24(4-2-23)55-18-26(32(51-55)33(41)42)47-36(57)27-19-60-38(48-27)21-7-8-46-29(15-21)49-35(45)34(43)44/h1-4,7-8,13-15,18-19,28,33-35H,5-6,9-12,16-17H2,(H,46,49)(H,47,57)(H,50,56,58). The summed E-state index contributed by atoms with van der Waals surface area (Å²) in [4.78, 5) is 63.5. The number of oxazole rings is 1. The van der Waals surface area contributed by atoms with Gasteiger partial charge in [0.1, 0.15) is 23.9 Å². The van der Waals surface area contributed by atoms with Crippen LogP contribution in [0.4, 0.5) is 43.5 Å². The number of halogens is 6. The molecule has 2 aromatic carbocycles. The molecule has 15 nitrogen and oxygen atoms in total. The van der Waals surface area contributed by atoms with Gasteiger partial charge in [0.05, 0.1) is 23.1 Å². The highest BCUT2D eigenvalue weighted by Crippen LogP contribution is 2.32. The van der Waals surface area contributed by atoms with Crippen LogP contribution >= 0.6 is 0 Å². The Morgan fingerprint density at radius 1 is 0.967 bits per heavy atom. The van der Waals surface area contributed by atoms with Crippen molar-refractivity contribution >= 4 is 40.8 Å². The molecule has 5 aromatic rings. The summed E-state index contributed by atoms with van der Waals surface area (Å²) in [5.74, 6) is -3.46. The number of pyridine rings is 1. The fourth-order valence-corrected chi connectivity index (χ4v) is 7.37. The lowest BCUT2D eigenvalue weighted by Crippen LogP contribution is -2.52. The van der Waals surface area contributed by atoms with Crippen LogP contribution in [0.1, 0.15) is 56.9 Å². The summed E-state index contributed by atoms with van der Waals surface area (Å²) in [6, 6.07) is 11.9. The van der Waals surface area contributed by atoms with Gasteiger partial charge in [-0.1, -0.05) is 6.07 Å². The number of aromatic nitrogens is 4. The number of imide groups is 1. The molecule has 3 aliphatic heterocycles. The Bertz CT molecular complexity index is 2450. The molecular formula is C39H34F6N10O5. The Morgan fingerprint density at radius 3 is 2.43 bits per heavy atom. The average Bonchev–Trinajstić information content (AvgIpc) is 3.97. The topological polar surface area (TPSA) is 171 Å². The summed E-state index contributed by atoms with van der Waals surface area (Å²) in [5, 5.41) is 10.5. The summed E-state index contributed by atoms with van der Waals surface area (Å²) in [6.07, 6.45) is -5.35. The van der Waals surface area contributed by atoms with Crippen LogP contribution in [0.5, 0.6) is 0 Å². The first-order valence-corrected chi connectivity index (χ1v) is 18.6. The number of fused-ring (bicyclic) bond motifs is 1. The molecule has 2 fully saturated rings. The van der Waals surface area contributed by atoms with Crippen LogP contribution in [0.15, 0.2) is 71.6 Å². The molecule has 0 spiro atoms. The Balaban J connectivity index is 0.873. The second-order valence-corrected chi connectivity index (χ2v) is 14.3. The van der Waals surface area contributed by atoms with Crippen LogP contribution in [0.3, 0.4) is 0 Å². The molecule has 4 amide bonds. The highest BCUT2D eigenvalue weighted by Gasteiger charge is 2.40. The number of alkyl halides is 5. The SMILES string of the molecule is O=C1CCC(N2Cc3cc(CN4CCN(c5ccc(-n6cc(NC(=O)c7coc(-c8ccnc(NC(F)C(F)F)c8)n7)c(C(F)F)n6)cc5)CC4)cc(F)c3C2=O)C(=O)N1. The molecule has 0 saturated carbocycles. The zero-order chi connectivity index (χ0) is 42.2. The Labute approximate surface area is 336 Å². The molecule has 60 heavy (non-hydrogen) atoms. The van der Waals surface area contributed by atoms with Crippen molar-refractivity contribution in [2.24, 2.45) is 0 Å². The number of anilines is 3. The molecule has 8 rings (SSSR count). The van der Waals surface area contributed by atoms with Crippen LogP contribution < -0.4 is 20.9 Å². The molecule has 6 heterocycles. The summed E-state index contributed by atoms with van der Waals surface area (Å²) in [7, 11) is 0. The van der Waals surface area contributed by atoms with Crippen molar-refractivity contribution in [3.63, 3.8) is 0 Å². The molecular weight excluding hydrogens is 802 g/mol. The molecule has 0 bridgehead atoms. The number of hydrogen-bond donors (Lipinski definition) is 3. The lowest BCUT2D eigenvalue weighted by molar-refractivity contribution is -0.136. The average molecular weight is 837 g/mol. The maximum absolute atomic E-state index is 15.3. The number of amides is 4. The third-order valence-electron chi connectivity index (χ3n) is 10.3. The van der Waals surface area contributed by atoms with Gasteiger partial charge in [0.25, 0.3) is 24.7 Å². The maximum atomic E-state index is 15.3. The summed E-state index contributed by atoms with van der Waals surface area (Å²) in [5.41, 5.74) is 1.33. The van der Waals surface area contributed by atoms with Crippen molar-refractivity contribution in [3.05, 3.63) is 101 Å². The van der Waals surface area contributed by atoms with Crippen LogP contribution in [-0.4, -0.2) is 98.1 Å². The van der Waals surface area contributed by atoms with E-state index in [2.05, 4.69) is 35.5 Å². The van der Waals surface area contributed by atoms with Gasteiger partial charge in [-0.25, -0.2) is 41.0 Å². The van der Waals surface area contributed by atoms with Gasteiger partial charge in [0.2, 0.25) is 24.0 Å². The van der Waals surface area contributed by atoms with Crippen molar-refractivity contribution in [2.75, 3.05) is 41.7 Å². The number of carbonyl (C=O) groups excluding carboxylic acids is 4. The van der Waals surface area contributed by atoms with Gasteiger partial charge >= 0.3 is 0 Å². The first-order chi connectivity index (χ1) is 28.8. The van der Waals surface area contributed by atoms with Crippen molar-refractivity contribution in [3.8, 4) is 17.1 Å². The normalized spacial score (nSPS) is 17.7.